The van der Waals surface area contributed by atoms with E-state index in [0.29, 0.717) is 11.5 Å². The monoisotopic (exact) mass is 328 g/mol. The summed E-state index contributed by atoms with van der Waals surface area (Å²) in [6, 6.07) is 8.46. The van der Waals surface area contributed by atoms with E-state index in [4.69, 9.17) is 4.74 Å². The summed E-state index contributed by atoms with van der Waals surface area (Å²) < 4.78 is 6.21. The third-order valence-corrected chi connectivity index (χ3v) is 5.77. The van der Waals surface area contributed by atoms with Gasteiger partial charge >= 0.3 is 0 Å². The van der Waals surface area contributed by atoms with Gasteiger partial charge in [0.2, 0.25) is 0 Å². The van der Waals surface area contributed by atoms with Crippen molar-refractivity contribution in [3.8, 4) is 5.75 Å². The van der Waals surface area contributed by atoms with Gasteiger partial charge in [0.15, 0.2) is 0 Å². The summed E-state index contributed by atoms with van der Waals surface area (Å²) in [5, 5.41) is 9.79. The molecule has 1 aromatic carbocycles. The molecule has 2 aliphatic rings. The van der Waals surface area contributed by atoms with Crippen molar-refractivity contribution >= 4 is 5.57 Å². The summed E-state index contributed by atoms with van der Waals surface area (Å²) >= 11 is 0. The Kier molecular flexibility index (Phi) is 5.34. The summed E-state index contributed by atoms with van der Waals surface area (Å²) in [6.45, 7) is 7.07. The Labute approximate surface area is 146 Å². The Balaban J connectivity index is 1.56. The first-order valence-corrected chi connectivity index (χ1v) is 9.57. The van der Waals surface area contributed by atoms with E-state index < -0.39 is 0 Å². The van der Waals surface area contributed by atoms with Gasteiger partial charge in [-0.3, -0.25) is 0 Å². The number of hydrogen-bond acceptors (Lipinski definition) is 2. The molecule has 1 aromatic rings. The van der Waals surface area contributed by atoms with Gasteiger partial charge in [-0.2, -0.15) is 0 Å². The highest BCUT2D eigenvalue weighted by Crippen LogP contribution is 2.39. The summed E-state index contributed by atoms with van der Waals surface area (Å²) in [6.07, 6.45) is 10.0. The summed E-state index contributed by atoms with van der Waals surface area (Å²) in [5.74, 6) is 1.80. The van der Waals surface area contributed by atoms with Crippen LogP contribution in [0.3, 0.4) is 0 Å². The lowest BCUT2D eigenvalue weighted by Gasteiger charge is -2.36. The van der Waals surface area contributed by atoms with E-state index >= 15 is 0 Å². The smallest absolute Gasteiger partial charge is 0.119 e. The van der Waals surface area contributed by atoms with E-state index in [0.717, 1.165) is 30.9 Å². The minimum Gasteiger partial charge on any atom is -0.490 e. The zero-order chi connectivity index (χ0) is 17.2. The number of aliphatic hydroxyl groups is 1. The fourth-order valence-electron chi connectivity index (χ4n) is 4.13. The molecule has 0 heterocycles. The van der Waals surface area contributed by atoms with Crippen molar-refractivity contribution in [1.29, 1.82) is 0 Å². The average molecular weight is 328 g/mol. The molecule has 3 rings (SSSR count). The van der Waals surface area contributed by atoms with Gasteiger partial charge in [-0.05, 0) is 79.5 Å². The molecule has 2 aliphatic carbocycles. The van der Waals surface area contributed by atoms with Crippen LogP contribution in [-0.2, 0) is 0 Å². The normalized spacial score (nSPS) is 28.3. The zero-order valence-corrected chi connectivity index (χ0v) is 15.4. The fraction of sp³-hybridized carbons (Fsp3) is 0.636. The lowest BCUT2D eigenvalue weighted by Crippen LogP contribution is -2.30. The molecule has 132 valence electrons. The van der Waals surface area contributed by atoms with Crippen LogP contribution in [-0.4, -0.2) is 17.3 Å². The van der Waals surface area contributed by atoms with E-state index in [2.05, 4.69) is 45.0 Å². The lowest BCUT2D eigenvalue weighted by molar-refractivity contribution is 0.0882. The maximum atomic E-state index is 9.79. The standard InChI is InChI=1S/C22H32O2/c1-22(2,3)18-9-13-21(14-10-18)24-20-11-7-16(8-12-20)17-5-4-6-19(23)15-17/h7-8,11-12,15,18-19,21,23H,4-6,9-10,13-14H2,1-3H3/t18-,19?,21-. The second-order valence-electron chi connectivity index (χ2n) is 8.63. The average Bonchev–Trinajstić information content (AvgIpc) is 2.55. The molecule has 1 unspecified atom stereocenters. The lowest BCUT2D eigenvalue weighted by atomic mass is 9.72. The Morgan fingerprint density at radius 3 is 2.21 bits per heavy atom. The number of hydrogen-bond donors (Lipinski definition) is 1. The molecule has 2 nitrogen and oxygen atoms in total. The van der Waals surface area contributed by atoms with Gasteiger partial charge in [0.1, 0.15) is 5.75 Å². The third-order valence-electron chi connectivity index (χ3n) is 5.77. The molecule has 0 amide bonds. The maximum Gasteiger partial charge on any atom is 0.119 e. The van der Waals surface area contributed by atoms with Crippen LogP contribution in [0, 0.1) is 11.3 Å². The molecule has 0 radical (unpaired) electrons. The van der Waals surface area contributed by atoms with Crippen LogP contribution >= 0.6 is 0 Å². The van der Waals surface area contributed by atoms with Crippen molar-refractivity contribution < 1.29 is 9.84 Å². The van der Waals surface area contributed by atoms with E-state index in [1.54, 1.807) is 0 Å². The second kappa shape index (κ2) is 7.31. The van der Waals surface area contributed by atoms with Gasteiger partial charge in [0.25, 0.3) is 0 Å². The summed E-state index contributed by atoms with van der Waals surface area (Å²) in [7, 11) is 0. The van der Waals surface area contributed by atoms with Gasteiger partial charge in [-0.1, -0.05) is 39.0 Å². The van der Waals surface area contributed by atoms with Crippen molar-refractivity contribution in [2.45, 2.75) is 77.9 Å². The van der Waals surface area contributed by atoms with Crippen LogP contribution in [0.4, 0.5) is 0 Å². The predicted octanol–water partition coefficient (Wildman–Crippen LogP) is 5.60. The van der Waals surface area contributed by atoms with Gasteiger partial charge < -0.3 is 9.84 Å². The minimum atomic E-state index is -0.275. The molecule has 2 heteroatoms. The maximum absolute atomic E-state index is 9.79. The molecule has 1 saturated carbocycles. The zero-order valence-electron chi connectivity index (χ0n) is 15.4. The SMILES string of the molecule is CC(C)(C)[C@H]1CC[C@H](Oc2ccc(C3=CC(O)CCC3)cc2)CC1. The van der Waals surface area contributed by atoms with Gasteiger partial charge in [-0.15, -0.1) is 0 Å². The number of rotatable bonds is 3. The first-order valence-electron chi connectivity index (χ1n) is 9.57. The summed E-state index contributed by atoms with van der Waals surface area (Å²) in [5.41, 5.74) is 2.91. The number of benzene rings is 1. The summed E-state index contributed by atoms with van der Waals surface area (Å²) in [4.78, 5) is 0. The Morgan fingerprint density at radius 1 is 0.958 bits per heavy atom. The predicted molar refractivity (Wildman–Crippen MR) is 100 cm³/mol. The van der Waals surface area contributed by atoms with E-state index in [9.17, 15) is 5.11 Å². The van der Waals surface area contributed by atoms with E-state index in [-0.39, 0.29) is 6.10 Å². The molecule has 0 aliphatic heterocycles. The largest absolute Gasteiger partial charge is 0.490 e. The highest BCUT2D eigenvalue weighted by Gasteiger charge is 2.30. The molecule has 1 fully saturated rings. The molecule has 0 spiro atoms. The van der Waals surface area contributed by atoms with Gasteiger partial charge in [-0.25, -0.2) is 0 Å². The third kappa shape index (κ3) is 4.42. The molecule has 1 atom stereocenters. The van der Waals surface area contributed by atoms with Gasteiger partial charge in [0, 0.05) is 0 Å². The molecule has 1 N–H and O–H groups in total. The minimum absolute atomic E-state index is 0.275. The van der Waals surface area contributed by atoms with Gasteiger partial charge in [0.05, 0.1) is 12.2 Å². The molecular weight excluding hydrogens is 296 g/mol. The molecule has 0 saturated heterocycles. The number of ether oxygens (including phenoxy) is 1. The van der Waals surface area contributed by atoms with Crippen LogP contribution in [0.15, 0.2) is 30.3 Å². The first-order chi connectivity index (χ1) is 11.4. The topological polar surface area (TPSA) is 29.5 Å². The van der Waals surface area contributed by atoms with Crippen molar-refractivity contribution in [3.05, 3.63) is 35.9 Å². The van der Waals surface area contributed by atoms with Crippen LogP contribution in [0.25, 0.3) is 5.57 Å². The van der Waals surface area contributed by atoms with Crippen molar-refractivity contribution in [2.24, 2.45) is 11.3 Å². The number of aliphatic hydroxyl groups excluding tert-OH is 1. The molecular formula is C22H32O2. The quantitative estimate of drug-likeness (QED) is 0.782. The highest BCUT2D eigenvalue weighted by atomic mass is 16.5. The van der Waals surface area contributed by atoms with Crippen LogP contribution in [0.5, 0.6) is 5.75 Å². The molecule has 24 heavy (non-hydrogen) atoms. The second-order valence-corrected chi connectivity index (χ2v) is 8.63. The Bertz CT molecular complexity index is 557. The van der Waals surface area contributed by atoms with Crippen LogP contribution in [0.2, 0.25) is 0 Å². The molecule has 0 bridgehead atoms. The van der Waals surface area contributed by atoms with Crippen LogP contribution < -0.4 is 4.74 Å². The highest BCUT2D eigenvalue weighted by molar-refractivity contribution is 5.67. The van der Waals surface area contributed by atoms with Crippen molar-refractivity contribution in [3.63, 3.8) is 0 Å². The first kappa shape index (κ1) is 17.5. The van der Waals surface area contributed by atoms with E-state index in [1.165, 1.54) is 36.8 Å². The number of allylic oxidation sites excluding steroid dienone is 1. The Hall–Kier alpha value is -1.28. The fourth-order valence-corrected chi connectivity index (χ4v) is 4.13. The van der Waals surface area contributed by atoms with Crippen LogP contribution in [0.1, 0.15) is 71.3 Å². The van der Waals surface area contributed by atoms with Crippen molar-refractivity contribution in [1.82, 2.24) is 0 Å². The van der Waals surface area contributed by atoms with E-state index in [1.807, 2.05) is 6.08 Å². The Morgan fingerprint density at radius 2 is 1.62 bits per heavy atom. The van der Waals surface area contributed by atoms with Crippen molar-refractivity contribution in [2.75, 3.05) is 0 Å². The molecule has 0 aromatic heterocycles.